The van der Waals surface area contributed by atoms with E-state index in [1.165, 1.54) is 18.2 Å². The highest BCUT2D eigenvalue weighted by Crippen LogP contribution is 2.48. The number of carbonyl (C=O) groups is 1. The van der Waals surface area contributed by atoms with Gasteiger partial charge < -0.3 is 9.64 Å². The van der Waals surface area contributed by atoms with E-state index in [0.717, 1.165) is 0 Å². The Morgan fingerprint density at radius 2 is 1.78 bits per heavy atom. The third-order valence-corrected chi connectivity index (χ3v) is 6.05. The number of alkyl halides is 3. The number of nitriles is 1. The molecule has 5 nitrogen and oxygen atoms in total. The molecule has 0 saturated carbocycles. The summed E-state index contributed by atoms with van der Waals surface area (Å²) < 4.78 is 42.5. The number of carbonyl (C=O) groups excluding carboxylic acids is 1. The molecule has 0 aromatic heterocycles. The van der Waals surface area contributed by atoms with Gasteiger partial charge in [-0.25, -0.2) is 4.79 Å². The van der Waals surface area contributed by atoms with Gasteiger partial charge in [-0.2, -0.15) is 5.26 Å². The fraction of sp³-hybridized carbons (Fsp3) is 0.391. The first-order valence-electron chi connectivity index (χ1n) is 10.00. The van der Waals surface area contributed by atoms with Crippen molar-refractivity contribution in [1.29, 1.82) is 5.26 Å². The van der Waals surface area contributed by atoms with Gasteiger partial charge in [-0.15, -0.1) is 13.2 Å². The van der Waals surface area contributed by atoms with Crippen LogP contribution in [0.25, 0.3) is 0 Å². The summed E-state index contributed by atoms with van der Waals surface area (Å²) >= 11 is 6.00. The fourth-order valence-corrected chi connectivity index (χ4v) is 4.30. The number of benzene rings is 2. The zero-order chi connectivity index (χ0) is 23.8. The maximum atomic E-state index is 13.7. The molecular weight excluding hydrogens is 443 g/mol. The average molecular weight is 466 g/mol. The van der Waals surface area contributed by atoms with Gasteiger partial charge in [0, 0.05) is 16.8 Å². The van der Waals surface area contributed by atoms with Crippen LogP contribution in [0.5, 0.6) is 5.75 Å². The Kier molecular flexibility index (Phi) is 6.34. The second kappa shape index (κ2) is 8.55. The van der Waals surface area contributed by atoms with Gasteiger partial charge in [0.25, 0.3) is 0 Å². The van der Waals surface area contributed by atoms with E-state index in [1.807, 2.05) is 13.8 Å². The lowest BCUT2D eigenvalue weighted by Crippen LogP contribution is -2.43. The summed E-state index contributed by atoms with van der Waals surface area (Å²) in [6.45, 7) is 7.14. The minimum absolute atomic E-state index is 0.348. The molecule has 1 aliphatic heterocycles. The number of rotatable bonds is 5. The molecular formula is C23H23ClF3N3O2. The first kappa shape index (κ1) is 23.7. The molecule has 3 atom stereocenters. The van der Waals surface area contributed by atoms with E-state index in [4.69, 9.17) is 11.6 Å². The zero-order valence-electron chi connectivity index (χ0n) is 18.0. The molecule has 1 fully saturated rings. The van der Waals surface area contributed by atoms with Gasteiger partial charge >= 0.3 is 12.4 Å². The molecule has 1 aliphatic rings. The summed E-state index contributed by atoms with van der Waals surface area (Å²) in [6, 6.07) is 13.0. The third kappa shape index (κ3) is 4.49. The Morgan fingerprint density at radius 1 is 1.16 bits per heavy atom. The van der Waals surface area contributed by atoms with Gasteiger partial charge in [0.15, 0.2) is 0 Å². The number of hydrogen-bond donors (Lipinski definition) is 0. The lowest BCUT2D eigenvalue weighted by Gasteiger charge is -2.37. The molecule has 9 heteroatoms. The number of amides is 2. The van der Waals surface area contributed by atoms with Crippen LogP contribution < -0.4 is 9.64 Å². The van der Waals surface area contributed by atoms with E-state index < -0.39 is 29.9 Å². The van der Waals surface area contributed by atoms with Gasteiger partial charge in [0.1, 0.15) is 5.75 Å². The standard InChI is InChI=1S/C23H23ClF3N3O2/c1-14(13-28)15(2)29-20(16-6-5-7-19(12-16)32-23(25,26)27)22(3,4)30(21(29)31)18-10-8-17(24)9-11-18/h5-12,14-15,20H,1-4H3/t14-,15?,20?/m0/s1. The smallest absolute Gasteiger partial charge is 0.406 e. The normalized spacial score (nSPS) is 20.1. The average Bonchev–Trinajstić information content (AvgIpc) is 2.91. The minimum Gasteiger partial charge on any atom is -0.406 e. The molecule has 32 heavy (non-hydrogen) atoms. The maximum absolute atomic E-state index is 13.7. The predicted molar refractivity (Wildman–Crippen MR) is 115 cm³/mol. The first-order chi connectivity index (χ1) is 14.9. The molecule has 0 aliphatic carbocycles. The second-order valence-electron chi connectivity index (χ2n) is 8.34. The summed E-state index contributed by atoms with van der Waals surface area (Å²) in [5.74, 6) is -0.874. The summed E-state index contributed by atoms with van der Waals surface area (Å²) in [6.07, 6.45) is -4.84. The van der Waals surface area contributed by atoms with Crippen LogP contribution in [0.3, 0.4) is 0 Å². The van der Waals surface area contributed by atoms with Crippen molar-refractivity contribution in [3.63, 3.8) is 0 Å². The van der Waals surface area contributed by atoms with Crippen LogP contribution in [0, 0.1) is 17.2 Å². The molecule has 2 unspecified atom stereocenters. The van der Waals surface area contributed by atoms with Crippen molar-refractivity contribution in [1.82, 2.24) is 4.90 Å². The maximum Gasteiger partial charge on any atom is 0.573 e. The number of nitrogens with zero attached hydrogens (tertiary/aromatic N) is 3. The lowest BCUT2D eigenvalue weighted by molar-refractivity contribution is -0.274. The van der Waals surface area contributed by atoms with Gasteiger partial charge in [-0.3, -0.25) is 4.90 Å². The molecule has 170 valence electrons. The van der Waals surface area contributed by atoms with Crippen LogP contribution in [0.2, 0.25) is 5.02 Å². The van der Waals surface area contributed by atoms with Crippen LogP contribution in [0.4, 0.5) is 23.7 Å². The van der Waals surface area contributed by atoms with Crippen molar-refractivity contribution in [3.05, 3.63) is 59.1 Å². The number of anilines is 1. The van der Waals surface area contributed by atoms with Crippen LogP contribution in [-0.4, -0.2) is 28.9 Å². The Morgan fingerprint density at radius 3 is 2.34 bits per heavy atom. The van der Waals surface area contributed by atoms with Crippen LogP contribution >= 0.6 is 11.6 Å². The molecule has 0 spiro atoms. The van der Waals surface area contributed by atoms with Crippen molar-refractivity contribution >= 4 is 23.3 Å². The first-order valence-corrected chi connectivity index (χ1v) is 10.4. The van der Waals surface area contributed by atoms with E-state index in [-0.39, 0.29) is 11.8 Å². The molecule has 0 radical (unpaired) electrons. The number of halogens is 4. The summed E-state index contributed by atoms with van der Waals surface area (Å²) in [5, 5.41) is 9.97. The van der Waals surface area contributed by atoms with E-state index in [1.54, 1.807) is 54.0 Å². The largest absolute Gasteiger partial charge is 0.573 e. The molecule has 2 aromatic carbocycles. The Hall–Kier alpha value is -2.92. The van der Waals surface area contributed by atoms with Crippen molar-refractivity contribution < 1.29 is 22.7 Å². The highest BCUT2D eigenvalue weighted by molar-refractivity contribution is 6.30. The highest BCUT2D eigenvalue weighted by Gasteiger charge is 2.54. The van der Waals surface area contributed by atoms with E-state index in [0.29, 0.717) is 16.3 Å². The highest BCUT2D eigenvalue weighted by atomic mass is 35.5. The summed E-state index contributed by atoms with van der Waals surface area (Å²) in [5.41, 5.74) is 0.195. The van der Waals surface area contributed by atoms with Gasteiger partial charge in [-0.1, -0.05) is 23.7 Å². The van der Waals surface area contributed by atoms with E-state index in [9.17, 15) is 23.2 Å². The Labute approximate surface area is 189 Å². The number of hydrogen-bond acceptors (Lipinski definition) is 3. The fourth-order valence-electron chi connectivity index (χ4n) is 4.18. The van der Waals surface area contributed by atoms with Gasteiger partial charge in [-0.05, 0) is 69.7 Å². The van der Waals surface area contributed by atoms with Crippen LogP contribution in [0.15, 0.2) is 48.5 Å². The predicted octanol–water partition coefficient (Wildman–Crippen LogP) is 6.55. The second-order valence-corrected chi connectivity index (χ2v) is 8.77. The van der Waals surface area contributed by atoms with Crippen molar-refractivity contribution in [3.8, 4) is 11.8 Å². The molecule has 3 rings (SSSR count). The lowest BCUT2D eigenvalue weighted by atomic mass is 9.86. The number of urea groups is 1. The quantitative estimate of drug-likeness (QED) is 0.503. The van der Waals surface area contributed by atoms with Crippen molar-refractivity contribution in [2.24, 2.45) is 5.92 Å². The number of ether oxygens (including phenoxy) is 1. The van der Waals surface area contributed by atoms with Crippen LogP contribution in [-0.2, 0) is 0 Å². The Balaban J connectivity index is 2.14. The summed E-state index contributed by atoms with van der Waals surface area (Å²) in [7, 11) is 0. The van der Waals surface area contributed by atoms with Crippen LogP contribution in [0.1, 0.15) is 39.3 Å². The zero-order valence-corrected chi connectivity index (χ0v) is 18.8. The molecule has 2 aromatic rings. The molecule has 0 N–H and O–H groups in total. The summed E-state index contributed by atoms with van der Waals surface area (Å²) in [4.78, 5) is 16.8. The molecule has 2 amide bonds. The Bertz CT molecular complexity index is 1030. The van der Waals surface area contributed by atoms with E-state index in [2.05, 4.69) is 10.8 Å². The monoisotopic (exact) mass is 465 g/mol. The third-order valence-electron chi connectivity index (χ3n) is 5.79. The van der Waals surface area contributed by atoms with Crippen molar-refractivity contribution in [2.45, 2.75) is 51.7 Å². The minimum atomic E-state index is -4.84. The molecule has 1 heterocycles. The van der Waals surface area contributed by atoms with Gasteiger partial charge in [0.2, 0.25) is 0 Å². The SMILES string of the molecule is CC([C@@H](C)C#N)N1C(=O)N(c2ccc(Cl)cc2)C(C)(C)C1c1cccc(OC(F)(F)F)c1. The molecule has 1 saturated heterocycles. The molecule has 0 bridgehead atoms. The van der Waals surface area contributed by atoms with Gasteiger partial charge in [0.05, 0.1) is 23.6 Å². The van der Waals surface area contributed by atoms with E-state index >= 15 is 0 Å². The van der Waals surface area contributed by atoms with Crippen molar-refractivity contribution in [2.75, 3.05) is 4.90 Å². The topological polar surface area (TPSA) is 56.6 Å².